The predicted molar refractivity (Wildman–Crippen MR) is 122 cm³/mol. The van der Waals surface area contributed by atoms with Crippen LogP contribution in [0.3, 0.4) is 0 Å². The van der Waals surface area contributed by atoms with Crippen LogP contribution in [-0.2, 0) is 29.5 Å². The number of nitrogens with zero attached hydrogens (tertiary/aromatic N) is 6. The van der Waals surface area contributed by atoms with Gasteiger partial charge >= 0.3 is 6.18 Å². The maximum absolute atomic E-state index is 13.0. The number of aromatic nitrogens is 4. The van der Waals surface area contributed by atoms with Gasteiger partial charge in [-0.3, -0.25) is 9.48 Å². The number of benzene rings is 1. The summed E-state index contributed by atoms with van der Waals surface area (Å²) in [6.07, 6.45) is -1.49. The molecule has 194 valence electrons. The van der Waals surface area contributed by atoms with Crippen molar-refractivity contribution in [1.82, 2.24) is 28.8 Å². The second-order valence-corrected chi connectivity index (χ2v) is 10.1. The molecule has 0 aliphatic carbocycles. The third-order valence-electron chi connectivity index (χ3n) is 5.75. The van der Waals surface area contributed by atoms with Crippen LogP contribution in [0.15, 0.2) is 47.6 Å². The van der Waals surface area contributed by atoms with E-state index in [4.69, 9.17) is 4.74 Å². The Morgan fingerprint density at radius 2 is 1.81 bits per heavy atom. The molecule has 0 atom stereocenters. The number of hydrogen-bond acceptors (Lipinski definition) is 6. The van der Waals surface area contributed by atoms with Crippen molar-refractivity contribution in [1.29, 1.82) is 0 Å². The van der Waals surface area contributed by atoms with E-state index < -0.39 is 21.8 Å². The first-order valence-corrected chi connectivity index (χ1v) is 12.6. The van der Waals surface area contributed by atoms with E-state index in [-0.39, 0.29) is 55.2 Å². The number of alkyl halides is 3. The lowest BCUT2D eigenvalue weighted by Gasteiger charge is -2.33. The number of sulfonamides is 1. The highest BCUT2D eigenvalue weighted by Crippen LogP contribution is 2.31. The normalized spacial score (nSPS) is 15.3. The van der Waals surface area contributed by atoms with Gasteiger partial charge in [0.1, 0.15) is 10.6 Å². The van der Waals surface area contributed by atoms with Crippen LogP contribution < -0.4 is 4.74 Å². The van der Waals surface area contributed by atoms with Crippen molar-refractivity contribution in [2.45, 2.75) is 38.2 Å². The second-order valence-electron chi connectivity index (χ2n) is 8.17. The molecule has 0 saturated carbocycles. The lowest BCUT2D eigenvalue weighted by Crippen LogP contribution is -2.50. The number of amides is 1. The number of ether oxygens (including phenoxy) is 1. The molecular formula is C22H25F3N6O4S. The zero-order chi connectivity index (χ0) is 26.1. The molecule has 1 saturated heterocycles. The van der Waals surface area contributed by atoms with Crippen LogP contribution in [0.4, 0.5) is 13.2 Å². The molecule has 0 N–H and O–H groups in total. The van der Waals surface area contributed by atoms with Gasteiger partial charge in [0.05, 0.1) is 11.3 Å². The van der Waals surface area contributed by atoms with Crippen molar-refractivity contribution in [2.24, 2.45) is 0 Å². The highest BCUT2D eigenvalue weighted by molar-refractivity contribution is 7.89. The minimum absolute atomic E-state index is 0.0187. The van der Waals surface area contributed by atoms with E-state index in [0.717, 1.165) is 12.1 Å². The van der Waals surface area contributed by atoms with Gasteiger partial charge in [-0.2, -0.15) is 27.7 Å². The largest absolute Gasteiger partial charge is 0.471 e. The molecule has 2 aromatic heterocycles. The highest BCUT2D eigenvalue weighted by Gasteiger charge is 2.33. The molecule has 10 nitrogen and oxygen atoms in total. The average Bonchev–Trinajstić information content (AvgIpc) is 3.49. The summed E-state index contributed by atoms with van der Waals surface area (Å²) in [6, 6.07) is 5.95. The zero-order valence-corrected chi connectivity index (χ0v) is 20.5. The number of piperazine rings is 1. The first kappa shape index (κ1) is 25.7. The zero-order valence-electron chi connectivity index (χ0n) is 19.6. The molecule has 0 radical (unpaired) electrons. The number of aryl methyl sites for hydroxylation is 2. The standard InChI is InChI=1S/C22H25F3N6O4S/c1-3-29-14-20(16(2)26-29)36(33,34)31-11-9-28(10-12-31)21(32)19-7-8-30(27-19)15-35-18-6-4-5-17(13-18)22(23,24)25/h4-8,13-14H,3,9-12,15H2,1-2H3. The maximum atomic E-state index is 13.0. The SMILES string of the molecule is CCn1cc(S(=O)(=O)N2CCN(C(=O)c3ccn(COc4cccc(C(F)(F)F)c4)n3)CC2)c(C)n1. The summed E-state index contributed by atoms with van der Waals surface area (Å²) in [5, 5.41) is 8.35. The van der Waals surface area contributed by atoms with Gasteiger partial charge < -0.3 is 9.64 Å². The van der Waals surface area contributed by atoms with E-state index in [9.17, 15) is 26.4 Å². The number of halogens is 3. The van der Waals surface area contributed by atoms with Gasteiger partial charge in [-0.1, -0.05) is 6.07 Å². The lowest BCUT2D eigenvalue weighted by molar-refractivity contribution is -0.137. The first-order chi connectivity index (χ1) is 17.0. The summed E-state index contributed by atoms with van der Waals surface area (Å²) >= 11 is 0. The Kier molecular flexibility index (Phi) is 7.09. The Labute approximate surface area is 205 Å². The molecule has 0 spiro atoms. The van der Waals surface area contributed by atoms with Gasteiger partial charge in [-0.15, -0.1) is 0 Å². The summed E-state index contributed by atoms with van der Waals surface area (Å²) in [6.45, 7) is 4.51. The van der Waals surface area contributed by atoms with Crippen molar-refractivity contribution < 1.29 is 31.1 Å². The molecule has 1 aliphatic rings. The number of hydrogen-bond donors (Lipinski definition) is 0. The fraction of sp³-hybridized carbons (Fsp3) is 0.409. The van der Waals surface area contributed by atoms with E-state index >= 15 is 0 Å². The summed E-state index contributed by atoms with van der Waals surface area (Å²) < 4.78 is 74.2. The molecule has 3 heterocycles. The van der Waals surface area contributed by atoms with Crippen LogP contribution in [0, 0.1) is 6.92 Å². The smallest absolute Gasteiger partial charge is 0.416 e. The Bertz CT molecular complexity index is 1340. The average molecular weight is 527 g/mol. The monoisotopic (exact) mass is 526 g/mol. The van der Waals surface area contributed by atoms with Crippen LogP contribution in [-0.4, -0.2) is 69.3 Å². The van der Waals surface area contributed by atoms with E-state index in [1.807, 2.05) is 6.92 Å². The molecular weight excluding hydrogens is 501 g/mol. The third kappa shape index (κ3) is 5.38. The fourth-order valence-corrected chi connectivity index (χ4v) is 5.39. The quantitative estimate of drug-likeness (QED) is 0.469. The summed E-state index contributed by atoms with van der Waals surface area (Å²) in [7, 11) is -3.73. The van der Waals surface area contributed by atoms with Crippen molar-refractivity contribution >= 4 is 15.9 Å². The molecule has 0 unspecified atom stereocenters. The molecule has 0 bridgehead atoms. The third-order valence-corrected chi connectivity index (χ3v) is 7.76. The Morgan fingerprint density at radius 3 is 2.44 bits per heavy atom. The van der Waals surface area contributed by atoms with E-state index in [1.54, 1.807) is 11.6 Å². The van der Waals surface area contributed by atoms with Crippen LogP contribution >= 0.6 is 0 Å². The Balaban J connectivity index is 1.34. The minimum Gasteiger partial charge on any atom is -0.471 e. The summed E-state index contributed by atoms with van der Waals surface area (Å²) in [5.74, 6) is -0.356. The van der Waals surface area contributed by atoms with Gasteiger partial charge in [-0.25, -0.2) is 13.1 Å². The number of carbonyl (C=O) groups excluding carboxylic acids is 1. The van der Waals surface area contributed by atoms with Gasteiger partial charge in [0.15, 0.2) is 12.4 Å². The number of carbonyl (C=O) groups is 1. The van der Waals surface area contributed by atoms with E-state index in [2.05, 4.69) is 10.2 Å². The van der Waals surface area contributed by atoms with E-state index in [1.165, 1.54) is 44.5 Å². The Hall–Kier alpha value is -3.39. The van der Waals surface area contributed by atoms with E-state index in [0.29, 0.717) is 12.2 Å². The van der Waals surface area contributed by atoms with Crippen molar-refractivity contribution in [3.8, 4) is 5.75 Å². The van der Waals surface area contributed by atoms with Crippen molar-refractivity contribution in [3.63, 3.8) is 0 Å². The topological polar surface area (TPSA) is 103 Å². The molecule has 4 rings (SSSR count). The van der Waals surface area contributed by atoms with Crippen molar-refractivity contribution in [2.75, 3.05) is 26.2 Å². The number of rotatable bonds is 7. The first-order valence-electron chi connectivity index (χ1n) is 11.2. The van der Waals surface area contributed by atoms with Crippen LogP contribution in [0.5, 0.6) is 5.75 Å². The van der Waals surface area contributed by atoms with Crippen LogP contribution in [0.25, 0.3) is 0 Å². The maximum Gasteiger partial charge on any atom is 0.416 e. The molecule has 3 aromatic rings. The second kappa shape index (κ2) is 9.93. The minimum atomic E-state index is -4.48. The van der Waals surface area contributed by atoms with Gasteiger partial charge in [0, 0.05) is 45.1 Å². The lowest BCUT2D eigenvalue weighted by atomic mass is 10.2. The highest BCUT2D eigenvalue weighted by atomic mass is 32.2. The van der Waals surface area contributed by atoms with Gasteiger partial charge in [0.25, 0.3) is 5.91 Å². The van der Waals surface area contributed by atoms with Crippen LogP contribution in [0.1, 0.15) is 28.7 Å². The predicted octanol–water partition coefficient (Wildman–Crippen LogP) is 2.61. The summed E-state index contributed by atoms with van der Waals surface area (Å²) in [5.41, 5.74) is -0.279. The molecule has 14 heteroatoms. The summed E-state index contributed by atoms with van der Waals surface area (Å²) in [4.78, 5) is 14.5. The molecule has 36 heavy (non-hydrogen) atoms. The molecule has 1 fully saturated rings. The molecule has 1 aromatic carbocycles. The fourth-order valence-electron chi connectivity index (χ4n) is 3.80. The molecule has 1 aliphatic heterocycles. The molecule has 1 amide bonds. The Morgan fingerprint density at radius 1 is 1.08 bits per heavy atom. The van der Waals surface area contributed by atoms with Crippen LogP contribution in [0.2, 0.25) is 0 Å². The van der Waals surface area contributed by atoms with Gasteiger partial charge in [0.2, 0.25) is 10.0 Å². The van der Waals surface area contributed by atoms with Gasteiger partial charge in [-0.05, 0) is 38.1 Å². The van der Waals surface area contributed by atoms with Crippen molar-refractivity contribution in [3.05, 3.63) is 59.7 Å².